The molecule has 9 heteroatoms. The van der Waals surface area contributed by atoms with Crippen molar-refractivity contribution in [3.05, 3.63) is 54.4 Å². The summed E-state index contributed by atoms with van der Waals surface area (Å²) in [5.41, 5.74) is 2.37. The number of aliphatic hydroxyl groups excluding tert-OH is 1. The van der Waals surface area contributed by atoms with Crippen LogP contribution in [0.25, 0.3) is 11.0 Å². The molecule has 2 N–H and O–H groups in total. The van der Waals surface area contributed by atoms with Crippen LogP contribution in [0.15, 0.2) is 48.8 Å². The van der Waals surface area contributed by atoms with Crippen LogP contribution in [0.5, 0.6) is 0 Å². The number of amides is 2. The first-order valence-corrected chi connectivity index (χ1v) is 9.52. The van der Waals surface area contributed by atoms with Crippen LogP contribution in [0.4, 0.5) is 0 Å². The maximum atomic E-state index is 12.7. The van der Waals surface area contributed by atoms with Crippen LogP contribution < -0.4 is 5.32 Å². The van der Waals surface area contributed by atoms with Crippen molar-refractivity contribution in [2.75, 3.05) is 13.1 Å². The molecule has 9 nitrogen and oxygen atoms in total. The number of fused-ring (bicyclic) bond motifs is 1. The predicted molar refractivity (Wildman–Crippen MR) is 104 cm³/mol. The van der Waals surface area contributed by atoms with Crippen molar-refractivity contribution in [2.45, 2.75) is 25.6 Å². The number of piperidine rings is 1. The van der Waals surface area contributed by atoms with Crippen LogP contribution in [-0.2, 0) is 22.7 Å². The Balaban J connectivity index is 1.37. The van der Waals surface area contributed by atoms with E-state index in [9.17, 15) is 14.7 Å². The number of likely N-dealkylation sites (tertiary alicyclic amines) is 1. The lowest BCUT2D eigenvalue weighted by Gasteiger charge is -2.35. The number of aromatic nitrogens is 4. The number of carbonyl (C=O) groups excluding carboxylic acids is 2. The van der Waals surface area contributed by atoms with Crippen LogP contribution >= 0.6 is 0 Å². The number of hydrogen-bond acceptors (Lipinski definition) is 6. The Kier molecular flexibility index (Phi) is 5.48. The van der Waals surface area contributed by atoms with Gasteiger partial charge in [0.25, 0.3) is 0 Å². The van der Waals surface area contributed by atoms with Gasteiger partial charge >= 0.3 is 0 Å². The first-order chi connectivity index (χ1) is 14.1. The van der Waals surface area contributed by atoms with E-state index in [4.69, 9.17) is 0 Å². The third-order valence-electron chi connectivity index (χ3n) is 5.09. The largest absolute Gasteiger partial charge is 0.392 e. The van der Waals surface area contributed by atoms with E-state index in [1.807, 2.05) is 36.4 Å². The molecule has 0 aliphatic carbocycles. The Bertz CT molecular complexity index is 973. The Labute approximate surface area is 167 Å². The van der Waals surface area contributed by atoms with E-state index in [1.54, 1.807) is 17.3 Å². The second-order valence-corrected chi connectivity index (χ2v) is 7.09. The first-order valence-electron chi connectivity index (χ1n) is 9.52. The Morgan fingerprint density at radius 3 is 2.48 bits per heavy atom. The van der Waals surface area contributed by atoms with Crippen molar-refractivity contribution in [1.82, 2.24) is 30.2 Å². The SMILES string of the molecule is O=C(NCc1ccncc1)[C@H]1CN(C(=O)Cn2nc3ccccc3n2)CC[C@H]1O. The quantitative estimate of drug-likeness (QED) is 0.646. The smallest absolute Gasteiger partial charge is 0.246 e. The van der Waals surface area contributed by atoms with Gasteiger partial charge in [0.05, 0.1) is 12.0 Å². The molecular weight excluding hydrogens is 372 g/mol. The number of aliphatic hydroxyl groups is 1. The van der Waals surface area contributed by atoms with E-state index in [2.05, 4.69) is 20.5 Å². The number of rotatable bonds is 5. The molecule has 1 aliphatic rings. The molecule has 0 unspecified atom stereocenters. The molecule has 2 atom stereocenters. The maximum Gasteiger partial charge on any atom is 0.246 e. The fourth-order valence-electron chi connectivity index (χ4n) is 3.44. The van der Waals surface area contributed by atoms with Gasteiger partial charge in [-0.05, 0) is 36.2 Å². The number of pyridine rings is 1. The summed E-state index contributed by atoms with van der Waals surface area (Å²) in [5.74, 6) is -1.11. The van der Waals surface area contributed by atoms with E-state index in [1.165, 1.54) is 4.80 Å². The highest BCUT2D eigenvalue weighted by Crippen LogP contribution is 2.18. The lowest BCUT2D eigenvalue weighted by atomic mass is 9.93. The fourth-order valence-corrected chi connectivity index (χ4v) is 3.44. The number of nitrogens with zero attached hydrogens (tertiary/aromatic N) is 5. The zero-order valence-corrected chi connectivity index (χ0v) is 15.8. The molecule has 0 radical (unpaired) electrons. The van der Waals surface area contributed by atoms with Crippen molar-refractivity contribution < 1.29 is 14.7 Å². The highest BCUT2D eigenvalue weighted by Gasteiger charge is 2.35. The minimum absolute atomic E-state index is 0.00384. The number of nitrogens with one attached hydrogen (secondary N) is 1. The molecule has 150 valence electrons. The number of hydrogen-bond donors (Lipinski definition) is 2. The van der Waals surface area contributed by atoms with Gasteiger partial charge in [-0.25, -0.2) is 0 Å². The minimum Gasteiger partial charge on any atom is -0.392 e. The van der Waals surface area contributed by atoms with Crippen molar-refractivity contribution >= 4 is 22.8 Å². The van der Waals surface area contributed by atoms with Crippen molar-refractivity contribution in [3.63, 3.8) is 0 Å². The molecule has 1 saturated heterocycles. The van der Waals surface area contributed by atoms with E-state index >= 15 is 0 Å². The molecule has 2 amide bonds. The van der Waals surface area contributed by atoms with Gasteiger partial charge in [-0.3, -0.25) is 14.6 Å². The van der Waals surface area contributed by atoms with E-state index in [-0.39, 0.29) is 24.9 Å². The monoisotopic (exact) mass is 394 g/mol. The third kappa shape index (κ3) is 4.40. The second-order valence-electron chi connectivity index (χ2n) is 7.09. The molecule has 3 aromatic rings. The average Bonchev–Trinajstić information content (AvgIpc) is 3.15. The molecule has 0 saturated carbocycles. The van der Waals surface area contributed by atoms with Crippen LogP contribution in [0, 0.1) is 5.92 Å². The Hall–Kier alpha value is -3.33. The van der Waals surface area contributed by atoms with Gasteiger partial charge in [0.2, 0.25) is 11.8 Å². The molecule has 2 aromatic heterocycles. The van der Waals surface area contributed by atoms with Gasteiger partial charge in [0.15, 0.2) is 0 Å². The standard InChI is InChI=1S/C20H22N6O3/c27-18-7-10-25(12-15(18)20(29)22-11-14-5-8-21-9-6-14)19(28)13-26-23-16-3-1-2-4-17(16)24-26/h1-6,8-9,15,18,27H,7,10-13H2,(H,22,29)/t15-,18+/m0/s1. The lowest BCUT2D eigenvalue weighted by Crippen LogP contribution is -2.52. The van der Waals surface area contributed by atoms with Gasteiger partial charge in [0, 0.05) is 32.0 Å². The zero-order chi connectivity index (χ0) is 20.2. The van der Waals surface area contributed by atoms with Crippen LogP contribution in [0.2, 0.25) is 0 Å². The lowest BCUT2D eigenvalue weighted by molar-refractivity contribution is -0.140. The van der Waals surface area contributed by atoms with Crippen LogP contribution in [0.3, 0.4) is 0 Å². The summed E-state index contributed by atoms with van der Waals surface area (Å²) < 4.78 is 0. The zero-order valence-electron chi connectivity index (χ0n) is 15.8. The van der Waals surface area contributed by atoms with Gasteiger partial charge in [-0.15, -0.1) is 0 Å². The van der Waals surface area contributed by atoms with Crippen molar-refractivity contribution in [2.24, 2.45) is 5.92 Å². The van der Waals surface area contributed by atoms with Crippen molar-refractivity contribution in [3.8, 4) is 0 Å². The maximum absolute atomic E-state index is 12.7. The van der Waals surface area contributed by atoms with Gasteiger partial charge in [-0.2, -0.15) is 15.0 Å². The second kappa shape index (κ2) is 8.36. The topological polar surface area (TPSA) is 113 Å². The molecule has 3 heterocycles. The van der Waals surface area contributed by atoms with Crippen LogP contribution in [-0.4, -0.2) is 61.0 Å². The molecule has 4 rings (SSSR count). The average molecular weight is 394 g/mol. The summed E-state index contributed by atoms with van der Waals surface area (Å²) in [6.45, 7) is 0.913. The van der Waals surface area contributed by atoms with Gasteiger partial charge in [0.1, 0.15) is 17.6 Å². The molecular formula is C20H22N6O3. The summed E-state index contributed by atoms with van der Waals surface area (Å²) in [6, 6.07) is 11.0. The summed E-state index contributed by atoms with van der Waals surface area (Å²) in [6.07, 6.45) is 2.89. The molecule has 1 fully saturated rings. The molecule has 0 bridgehead atoms. The molecule has 29 heavy (non-hydrogen) atoms. The molecule has 1 aromatic carbocycles. The van der Waals surface area contributed by atoms with Crippen molar-refractivity contribution in [1.29, 1.82) is 0 Å². The fraction of sp³-hybridized carbons (Fsp3) is 0.350. The van der Waals surface area contributed by atoms with Crippen LogP contribution in [0.1, 0.15) is 12.0 Å². The van der Waals surface area contributed by atoms with Gasteiger partial charge in [-0.1, -0.05) is 12.1 Å². The number of carbonyl (C=O) groups is 2. The highest BCUT2D eigenvalue weighted by atomic mass is 16.3. The van der Waals surface area contributed by atoms with Gasteiger partial charge < -0.3 is 15.3 Å². The summed E-state index contributed by atoms with van der Waals surface area (Å²) in [4.78, 5) is 32.2. The Morgan fingerprint density at radius 2 is 1.79 bits per heavy atom. The molecule has 1 aliphatic heterocycles. The minimum atomic E-state index is -0.776. The number of benzene rings is 1. The molecule has 0 spiro atoms. The summed E-state index contributed by atoms with van der Waals surface area (Å²) in [5, 5.41) is 21.7. The normalized spacial score (nSPS) is 19.3. The van der Waals surface area contributed by atoms with E-state index in [0.717, 1.165) is 16.6 Å². The summed E-state index contributed by atoms with van der Waals surface area (Å²) in [7, 11) is 0. The Morgan fingerprint density at radius 1 is 1.10 bits per heavy atom. The summed E-state index contributed by atoms with van der Waals surface area (Å²) >= 11 is 0. The van der Waals surface area contributed by atoms with E-state index < -0.39 is 12.0 Å². The van der Waals surface area contributed by atoms with E-state index in [0.29, 0.717) is 19.5 Å². The predicted octanol–water partition coefficient (Wildman–Crippen LogP) is 0.352. The first kappa shape index (κ1) is 19.0. The third-order valence-corrected chi connectivity index (χ3v) is 5.09. The highest BCUT2D eigenvalue weighted by molar-refractivity contribution is 5.82.